The standard InChI is InChI=1S/C26H36N2O3/c1-18(2)15-27-26(30)21(6)28(16-23-10-8-7-9-20(23)5)25(29)17-31-24-13-11-22(12-14-24)19(3)4/h7-14,18-19,21H,15-17H2,1-6H3,(H,27,30). The normalized spacial score (nSPS) is 12.0. The first-order chi connectivity index (χ1) is 14.7. The number of hydrogen-bond donors (Lipinski definition) is 1. The molecular weight excluding hydrogens is 388 g/mol. The number of aryl methyl sites for hydroxylation is 1. The van der Waals surface area contributed by atoms with Gasteiger partial charge in [0.2, 0.25) is 5.91 Å². The third-order valence-electron chi connectivity index (χ3n) is 5.36. The van der Waals surface area contributed by atoms with E-state index in [0.29, 0.717) is 30.7 Å². The van der Waals surface area contributed by atoms with Gasteiger partial charge in [0.15, 0.2) is 6.61 Å². The van der Waals surface area contributed by atoms with Crippen LogP contribution in [0.5, 0.6) is 5.75 Å². The molecule has 2 amide bonds. The van der Waals surface area contributed by atoms with Gasteiger partial charge in [-0.2, -0.15) is 0 Å². The maximum atomic E-state index is 13.1. The van der Waals surface area contributed by atoms with Gasteiger partial charge >= 0.3 is 0 Å². The number of rotatable bonds is 10. The molecular formula is C26H36N2O3. The van der Waals surface area contributed by atoms with Gasteiger partial charge in [0.1, 0.15) is 11.8 Å². The smallest absolute Gasteiger partial charge is 0.261 e. The summed E-state index contributed by atoms with van der Waals surface area (Å²) >= 11 is 0. The highest BCUT2D eigenvalue weighted by Crippen LogP contribution is 2.19. The number of amides is 2. The predicted molar refractivity (Wildman–Crippen MR) is 125 cm³/mol. The van der Waals surface area contributed by atoms with Crippen LogP contribution in [-0.2, 0) is 16.1 Å². The molecule has 2 aromatic carbocycles. The lowest BCUT2D eigenvalue weighted by Crippen LogP contribution is -2.49. The van der Waals surface area contributed by atoms with Gasteiger partial charge in [-0.1, -0.05) is 64.1 Å². The molecule has 0 radical (unpaired) electrons. The number of benzene rings is 2. The molecule has 0 aliphatic heterocycles. The van der Waals surface area contributed by atoms with Crippen LogP contribution in [0.25, 0.3) is 0 Å². The molecule has 0 aromatic heterocycles. The fourth-order valence-corrected chi connectivity index (χ4v) is 3.18. The molecule has 0 aliphatic carbocycles. The molecule has 168 valence electrons. The SMILES string of the molecule is Cc1ccccc1CN(C(=O)COc1ccc(C(C)C)cc1)C(C)C(=O)NCC(C)C. The molecule has 2 rings (SSSR count). The Kier molecular flexibility index (Phi) is 9.10. The zero-order valence-electron chi connectivity index (χ0n) is 19.6. The summed E-state index contributed by atoms with van der Waals surface area (Å²) in [5, 5.41) is 2.93. The van der Waals surface area contributed by atoms with Crippen LogP contribution in [0.15, 0.2) is 48.5 Å². The average molecular weight is 425 g/mol. The molecule has 1 N–H and O–H groups in total. The van der Waals surface area contributed by atoms with E-state index in [9.17, 15) is 9.59 Å². The molecule has 31 heavy (non-hydrogen) atoms. The summed E-state index contributed by atoms with van der Waals surface area (Å²) in [7, 11) is 0. The zero-order valence-corrected chi connectivity index (χ0v) is 19.6. The van der Waals surface area contributed by atoms with Crippen molar-refractivity contribution in [3.8, 4) is 5.75 Å². The minimum absolute atomic E-state index is 0.116. The van der Waals surface area contributed by atoms with E-state index in [-0.39, 0.29) is 18.4 Å². The average Bonchev–Trinajstić information content (AvgIpc) is 2.75. The Hall–Kier alpha value is -2.82. The summed E-state index contributed by atoms with van der Waals surface area (Å²) in [6.07, 6.45) is 0. The topological polar surface area (TPSA) is 58.6 Å². The van der Waals surface area contributed by atoms with Crippen molar-refractivity contribution in [2.75, 3.05) is 13.2 Å². The van der Waals surface area contributed by atoms with E-state index in [0.717, 1.165) is 11.1 Å². The number of hydrogen-bond acceptors (Lipinski definition) is 3. The Balaban J connectivity index is 2.12. The highest BCUT2D eigenvalue weighted by atomic mass is 16.5. The molecule has 0 aliphatic rings. The first-order valence-electron chi connectivity index (χ1n) is 11.0. The lowest BCUT2D eigenvalue weighted by atomic mass is 10.0. The Morgan fingerprint density at radius 3 is 2.19 bits per heavy atom. The van der Waals surface area contributed by atoms with E-state index >= 15 is 0 Å². The number of carbonyl (C=O) groups excluding carboxylic acids is 2. The maximum absolute atomic E-state index is 13.1. The Labute approximate surface area is 186 Å². The van der Waals surface area contributed by atoms with Gasteiger partial charge in [0, 0.05) is 13.1 Å². The van der Waals surface area contributed by atoms with Crippen molar-refractivity contribution >= 4 is 11.8 Å². The molecule has 2 aromatic rings. The summed E-state index contributed by atoms with van der Waals surface area (Å²) in [6.45, 7) is 12.9. The predicted octanol–water partition coefficient (Wildman–Crippen LogP) is 4.69. The quantitative estimate of drug-likeness (QED) is 0.602. The van der Waals surface area contributed by atoms with Crippen molar-refractivity contribution in [3.63, 3.8) is 0 Å². The van der Waals surface area contributed by atoms with Crippen molar-refractivity contribution in [1.29, 1.82) is 0 Å². The van der Waals surface area contributed by atoms with Crippen LogP contribution in [0, 0.1) is 12.8 Å². The van der Waals surface area contributed by atoms with Crippen LogP contribution in [-0.4, -0.2) is 35.9 Å². The number of ether oxygens (including phenoxy) is 1. The van der Waals surface area contributed by atoms with E-state index in [4.69, 9.17) is 4.74 Å². The van der Waals surface area contributed by atoms with E-state index in [1.165, 1.54) is 5.56 Å². The lowest BCUT2D eigenvalue weighted by Gasteiger charge is -2.29. The highest BCUT2D eigenvalue weighted by Gasteiger charge is 2.27. The van der Waals surface area contributed by atoms with E-state index in [2.05, 4.69) is 19.2 Å². The summed E-state index contributed by atoms with van der Waals surface area (Å²) < 4.78 is 5.76. The summed E-state index contributed by atoms with van der Waals surface area (Å²) in [5.41, 5.74) is 3.32. The largest absolute Gasteiger partial charge is 0.484 e. The molecule has 5 heteroatoms. The van der Waals surface area contributed by atoms with Crippen molar-refractivity contribution in [3.05, 3.63) is 65.2 Å². The molecule has 5 nitrogen and oxygen atoms in total. The van der Waals surface area contributed by atoms with Crippen molar-refractivity contribution in [2.24, 2.45) is 5.92 Å². The van der Waals surface area contributed by atoms with Gasteiger partial charge < -0.3 is 15.0 Å². The summed E-state index contributed by atoms with van der Waals surface area (Å²) in [5.74, 6) is 1.05. The zero-order chi connectivity index (χ0) is 23.0. The molecule has 0 spiro atoms. The van der Waals surface area contributed by atoms with Gasteiger partial charge in [0.25, 0.3) is 5.91 Å². The van der Waals surface area contributed by atoms with Crippen molar-refractivity contribution in [2.45, 2.75) is 60.0 Å². The molecule has 0 bridgehead atoms. The van der Waals surface area contributed by atoms with Gasteiger partial charge in [-0.25, -0.2) is 0 Å². The minimum Gasteiger partial charge on any atom is -0.484 e. The molecule has 1 atom stereocenters. The van der Waals surface area contributed by atoms with Crippen LogP contribution in [0.1, 0.15) is 57.2 Å². The minimum atomic E-state index is -0.599. The van der Waals surface area contributed by atoms with E-state index in [1.807, 2.05) is 69.3 Å². The van der Waals surface area contributed by atoms with Gasteiger partial charge in [-0.3, -0.25) is 9.59 Å². The monoisotopic (exact) mass is 424 g/mol. The lowest BCUT2D eigenvalue weighted by molar-refractivity contribution is -0.142. The Morgan fingerprint density at radius 2 is 1.61 bits per heavy atom. The van der Waals surface area contributed by atoms with Crippen LogP contribution in [0.2, 0.25) is 0 Å². The fourth-order valence-electron chi connectivity index (χ4n) is 3.18. The number of carbonyl (C=O) groups is 2. The van der Waals surface area contributed by atoms with Crippen LogP contribution in [0.3, 0.4) is 0 Å². The molecule has 0 saturated carbocycles. The van der Waals surface area contributed by atoms with Crippen LogP contribution >= 0.6 is 0 Å². The van der Waals surface area contributed by atoms with Gasteiger partial charge in [0.05, 0.1) is 0 Å². The third-order valence-corrected chi connectivity index (χ3v) is 5.36. The van der Waals surface area contributed by atoms with Crippen LogP contribution in [0.4, 0.5) is 0 Å². The maximum Gasteiger partial charge on any atom is 0.261 e. The fraction of sp³-hybridized carbons (Fsp3) is 0.462. The second kappa shape index (κ2) is 11.5. The van der Waals surface area contributed by atoms with E-state index < -0.39 is 6.04 Å². The summed E-state index contributed by atoms with van der Waals surface area (Å²) in [4.78, 5) is 27.4. The Morgan fingerprint density at radius 1 is 0.968 bits per heavy atom. The second-order valence-electron chi connectivity index (χ2n) is 8.78. The molecule has 0 heterocycles. The first-order valence-corrected chi connectivity index (χ1v) is 11.0. The second-order valence-corrected chi connectivity index (χ2v) is 8.78. The van der Waals surface area contributed by atoms with Crippen LogP contribution < -0.4 is 10.1 Å². The van der Waals surface area contributed by atoms with Crippen molar-refractivity contribution in [1.82, 2.24) is 10.2 Å². The summed E-state index contributed by atoms with van der Waals surface area (Å²) in [6, 6.07) is 15.1. The molecule has 0 saturated heterocycles. The van der Waals surface area contributed by atoms with Gasteiger partial charge in [-0.15, -0.1) is 0 Å². The highest BCUT2D eigenvalue weighted by molar-refractivity contribution is 5.88. The number of nitrogens with one attached hydrogen (secondary N) is 1. The molecule has 0 fully saturated rings. The van der Waals surface area contributed by atoms with Crippen molar-refractivity contribution < 1.29 is 14.3 Å². The van der Waals surface area contributed by atoms with E-state index in [1.54, 1.807) is 11.8 Å². The molecule has 1 unspecified atom stereocenters. The number of nitrogens with zero attached hydrogens (tertiary/aromatic N) is 1. The Bertz CT molecular complexity index is 859. The third kappa shape index (κ3) is 7.42. The van der Waals surface area contributed by atoms with Gasteiger partial charge in [-0.05, 0) is 54.5 Å². The first kappa shape index (κ1) is 24.4.